The minimum absolute atomic E-state index is 0. The van der Waals surface area contributed by atoms with Gasteiger partial charge in [0.25, 0.3) is 15.9 Å². The number of amides is 2. The molecule has 1 atom stereocenters. The number of anilines is 2. The second kappa shape index (κ2) is 11.8. The highest BCUT2D eigenvalue weighted by molar-refractivity contribution is 7.90. The average molecular weight is 591 g/mol. The molecule has 3 heterocycles. The van der Waals surface area contributed by atoms with Gasteiger partial charge in [-0.3, -0.25) is 4.79 Å². The molecular formula is C29H46N6O5S. The smallest absolute Gasteiger partial charge is 0.407 e. The predicted octanol–water partition coefficient (Wildman–Crippen LogP) is 4.96. The minimum atomic E-state index is -4.25. The first kappa shape index (κ1) is 30.5. The summed E-state index contributed by atoms with van der Waals surface area (Å²) in [6, 6.07) is 7.94. The van der Waals surface area contributed by atoms with E-state index in [1.807, 2.05) is 20.8 Å². The third kappa shape index (κ3) is 7.87. The summed E-state index contributed by atoms with van der Waals surface area (Å²) in [5, 5.41) is 5.97. The number of rotatable bonds is 7. The summed E-state index contributed by atoms with van der Waals surface area (Å²) >= 11 is 0. The molecule has 2 aromatic rings. The van der Waals surface area contributed by atoms with Crippen molar-refractivity contribution in [2.24, 2.45) is 5.92 Å². The molecule has 1 saturated heterocycles. The number of sulfonamides is 1. The van der Waals surface area contributed by atoms with Gasteiger partial charge in [-0.05, 0) is 96.9 Å². The molecule has 41 heavy (non-hydrogen) atoms. The Labute approximate surface area is 245 Å². The monoisotopic (exact) mass is 590 g/mol. The lowest BCUT2D eigenvalue weighted by atomic mass is 9.91. The Morgan fingerprint density at radius 3 is 2.39 bits per heavy atom. The van der Waals surface area contributed by atoms with Crippen LogP contribution < -0.4 is 20.3 Å². The maximum Gasteiger partial charge on any atom is 0.407 e. The van der Waals surface area contributed by atoms with Crippen molar-refractivity contribution < 1.29 is 25.6 Å². The van der Waals surface area contributed by atoms with Crippen molar-refractivity contribution in [1.82, 2.24) is 20.0 Å². The van der Waals surface area contributed by atoms with Crippen molar-refractivity contribution in [3.63, 3.8) is 0 Å². The van der Waals surface area contributed by atoms with Gasteiger partial charge in [-0.15, -0.1) is 0 Å². The highest BCUT2D eigenvalue weighted by atomic mass is 32.2. The Bertz CT molecular complexity index is 1380. The van der Waals surface area contributed by atoms with E-state index >= 15 is 0 Å². The molecule has 228 valence electrons. The molecule has 1 aliphatic heterocycles. The van der Waals surface area contributed by atoms with E-state index in [1.54, 1.807) is 30.5 Å². The largest absolute Gasteiger partial charge is 0.444 e. The number of pyridine rings is 2. The molecule has 1 saturated carbocycles. The number of aromatic nitrogens is 2. The number of nitrogens with one attached hydrogen (secondary N) is 3. The van der Waals surface area contributed by atoms with E-state index < -0.39 is 27.6 Å². The Balaban J connectivity index is 0.00000323. The lowest BCUT2D eigenvalue weighted by Crippen LogP contribution is -2.42. The van der Waals surface area contributed by atoms with Gasteiger partial charge >= 0.3 is 6.09 Å². The number of hydrogen-bond acceptors (Lipinski definition) is 9. The van der Waals surface area contributed by atoms with Gasteiger partial charge in [0.05, 0.1) is 5.56 Å². The van der Waals surface area contributed by atoms with E-state index in [1.165, 1.54) is 6.07 Å². The number of carbonyl (C=O) groups is 2. The lowest BCUT2D eigenvalue weighted by Gasteiger charge is -2.33. The fourth-order valence-electron chi connectivity index (χ4n) is 5.69. The number of alkyl carbamates (subject to hydrolysis) is 1. The summed E-state index contributed by atoms with van der Waals surface area (Å²) in [6.07, 6.45) is 5.17. The molecule has 2 amide bonds. The molecule has 0 spiro atoms. The molecule has 11 nitrogen and oxygen atoms in total. The number of nitrogens with zero attached hydrogens (tertiary/aromatic N) is 3. The quantitative estimate of drug-likeness (QED) is 0.408. The third-order valence-electron chi connectivity index (χ3n) is 7.39. The average Bonchev–Trinajstić information content (AvgIpc) is 3.15. The van der Waals surface area contributed by atoms with Gasteiger partial charge in [-0.2, -0.15) is 8.42 Å². The second-order valence-electron chi connectivity index (χ2n) is 12.7. The molecule has 2 fully saturated rings. The van der Waals surface area contributed by atoms with E-state index in [2.05, 4.69) is 51.0 Å². The van der Waals surface area contributed by atoms with Crippen molar-refractivity contribution in [2.75, 3.05) is 16.8 Å². The van der Waals surface area contributed by atoms with Gasteiger partial charge in [0, 0.05) is 33.2 Å². The number of hydrogen-bond donors (Lipinski definition) is 3. The molecule has 2 aromatic heterocycles. The van der Waals surface area contributed by atoms with E-state index in [9.17, 15) is 18.0 Å². The van der Waals surface area contributed by atoms with Crippen LogP contribution in [0.2, 0.25) is 0 Å². The molecule has 2 aliphatic rings. The molecular weight excluding hydrogens is 544 g/mol. The second-order valence-corrected chi connectivity index (χ2v) is 14.4. The summed E-state index contributed by atoms with van der Waals surface area (Å²) in [5.74, 6) is 0.537. The first-order chi connectivity index (χ1) is 19.1. The summed E-state index contributed by atoms with van der Waals surface area (Å²) in [6.45, 7) is 12.5. The third-order valence-corrected chi connectivity index (χ3v) is 8.62. The summed E-state index contributed by atoms with van der Waals surface area (Å²) < 4.78 is 33.9. The van der Waals surface area contributed by atoms with Gasteiger partial charge < -0.3 is 20.3 Å². The molecule has 0 aromatic carbocycles. The SMILES string of the molecule is CC1CN(c2ncccc2C(=O)NS(=O)(=O)c2cccc(NC3CCC(NC(=O)OC(C)(C)C)CC3)n2)C(C)(C)C1.[HH].[HH]. The molecule has 0 bridgehead atoms. The first-order valence-corrected chi connectivity index (χ1v) is 15.6. The fourth-order valence-corrected chi connectivity index (χ4v) is 6.62. The highest BCUT2D eigenvalue weighted by Gasteiger charge is 2.39. The van der Waals surface area contributed by atoms with Crippen LogP contribution in [0.3, 0.4) is 0 Å². The summed E-state index contributed by atoms with van der Waals surface area (Å²) in [5.41, 5.74) is -0.568. The molecule has 12 heteroatoms. The maximum atomic E-state index is 13.3. The van der Waals surface area contributed by atoms with Gasteiger partial charge in [0.2, 0.25) is 0 Å². The summed E-state index contributed by atoms with van der Waals surface area (Å²) in [7, 11) is -4.25. The van der Waals surface area contributed by atoms with Crippen LogP contribution in [-0.2, 0) is 14.8 Å². The van der Waals surface area contributed by atoms with E-state index in [-0.39, 0.29) is 31.1 Å². The normalized spacial score (nSPS) is 22.6. The van der Waals surface area contributed by atoms with Crippen LogP contribution in [0, 0.1) is 5.92 Å². The van der Waals surface area contributed by atoms with E-state index in [0.29, 0.717) is 17.6 Å². The van der Waals surface area contributed by atoms with Gasteiger partial charge in [-0.1, -0.05) is 13.0 Å². The fraction of sp³-hybridized carbons (Fsp3) is 0.586. The zero-order valence-corrected chi connectivity index (χ0v) is 25.5. The Morgan fingerprint density at radius 2 is 1.76 bits per heavy atom. The van der Waals surface area contributed by atoms with Crippen LogP contribution in [0.15, 0.2) is 41.6 Å². The molecule has 1 unspecified atom stereocenters. The zero-order valence-electron chi connectivity index (χ0n) is 24.7. The Kier molecular flexibility index (Phi) is 8.81. The molecule has 4 rings (SSSR count). The van der Waals surface area contributed by atoms with Gasteiger partial charge in [0.1, 0.15) is 17.2 Å². The zero-order chi connectivity index (χ0) is 30.0. The Hall–Kier alpha value is -3.41. The van der Waals surface area contributed by atoms with Gasteiger partial charge in [0.15, 0.2) is 5.03 Å². The van der Waals surface area contributed by atoms with Crippen LogP contribution in [0.25, 0.3) is 0 Å². The lowest BCUT2D eigenvalue weighted by molar-refractivity contribution is 0.0492. The van der Waals surface area contributed by atoms with Crippen molar-refractivity contribution >= 4 is 33.7 Å². The Morgan fingerprint density at radius 1 is 1.07 bits per heavy atom. The number of ether oxygens (including phenoxy) is 1. The minimum Gasteiger partial charge on any atom is -0.444 e. The van der Waals surface area contributed by atoms with Crippen LogP contribution in [-0.4, -0.2) is 60.2 Å². The van der Waals surface area contributed by atoms with Crippen molar-refractivity contribution in [1.29, 1.82) is 0 Å². The summed E-state index contributed by atoms with van der Waals surface area (Å²) in [4.78, 5) is 36.1. The van der Waals surface area contributed by atoms with Gasteiger partial charge in [-0.25, -0.2) is 19.5 Å². The topological polar surface area (TPSA) is 143 Å². The maximum absolute atomic E-state index is 13.3. The number of carbonyl (C=O) groups excluding carboxylic acids is 2. The van der Waals surface area contributed by atoms with Crippen LogP contribution in [0.5, 0.6) is 0 Å². The van der Waals surface area contributed by atoms with E-state index in [4.69, 9.17) is 4.74 Å². The predicted molar refractivity (Wildman–Crippen MR) is 162 cm³/mol. The van der Waals surface area contributed by atoms with Crippen LogP contribution in [0.1, 0.15) is 86.9 Å². The van der Waals surface area contributed by atoms with E-state index in [0.717, 1.165) is 38.6 Å². The van der Waals surface area contributed by atoms with Crippen molar-refractivity contribution in [2.45, 2.75) is 102 Å². The molecule has 0 radical (unpaired) electrons. The molecule has 1 aliphatic carbocycles. The van der Waals surface area contributed by atoms with Crippen molar-refractivity contribution in [3.8, 4) is 0 Å². The molecule has 3 N–H and O–H groups in total. The standard InChI is InChI=1S/C29H42N6O5S.2H2/c1-19-17-29(5,6)35(18-19)25-22(9-8-16-30-25)26(36)34-41(38,39)24-11-7-10-23(33-24)31-20-12-14-21(15-13-20)32-27(37)40-28(2,3)4;;/h7-11,16,19-21H,12-15,17-18H2,1-6H3,(H,31,33)(H,32,37)(H,34,36);2*1H. The van der Waals surface area contributed by atoms with Crippen LogP contribution in [0.4, 0.5) is 16.4 Å². The van der Waals surface area contributed by atoms with Crippen LogP contribution >= 0.6 is 0 Å². The highest BCUT2D eigenvalue weighted by Crippen LogP contribution is 2.37. The first-order valence-electron chi connectivity index (χ1n) is 14.2. The van der Waals surface area contributed by atoms with Crippen molar-refractivity contribution in [3.05, 3.63) is 42.1 Å².